The predicted octanol–water partition coefficient (Wildman–Crippen LogP) is 7.49. The number of nitrogens with one attached hydrogen (secondary N) is 1. The molecule has 2 amide bonds. The third-order valence-corrected chi connectivity index (χ3v) is 7.74. The van der Waals surface area contributed by atoms with Gasteiger partial charge >= 0.3 is 12.1 Å². The van der Waals surface area contributed by atoms with Crippen molar-refractivity contribution < 1.29 is 32.3 Å². The SMILES string of the molecule is CC(C)n1nnc(-c2ccc(OC(=O)CCCc3ccc(NC(=O)c4ccccc4-c4ccc(C(F)(F)F)cc4)c(C(=O)N(C)C)c3)cc2)n1. The van der Waals surface area contributed by atoms with Crippen LogP contribution in [0.5, 0.6) is 5.75 Å². The van der Waals surface area contributed by atoms with Crippen molar-refractivity contribution >= 4 is 23.5 Å². The van der Waals surface area contributed by atoms with E-state index in [1.54, 1.807) is 80.8 Å². The van der Waals surface area contributed by atoms with E-state index in [4.69, 9.17) is 4.74 Å². The Morgan fingerprint density at radius 3 is 2.20 bits per heavy atom. The summed E-state index contributed by atoms with van der Waals surface area (Å²) in [6.45, 7) is 3.90. The number of anilines is 1. The van der Waals surface area contributed by atoms with Crippen LogP contribution in [-0.2, 0) is 17.4 Å². The molecule has 1 heterocycles. The first-order valence-electron chi connectivity index (χ1n) is 15.8. The first-order valence-corrected chi connectivity index (χ1v) is 15.8. The van der Waals surface area contributed by atoms with Crippen LogP contribution in [0.25, 0.3) is 22.5 Å². The molecule has 0 fully saturated rings. The van der Waals surface area contributed by atoms with Crippen molar-refractivity contribution in [3.63, 3.8) is 0 Å². The quantitative estimate of drug-likeness (QED) is 0.113. The van der Waals surface area contributed by atoms with Crippen LogP contribution < -0.4 is 10.1 Å². The summed E-state index contributed by atoms with van der Waals surface area (Å²) in [6.07, 6.45) is -3.45. The molecule has 13 heteroatoms. The molecule has 1 aromatic heterocycles. The number of carbonyl (C=O) groups is 3. The molecule has 0 unspecified atom stereocenters. The zero-order valence-corrected chi connectivity index (χ0v) is 27.9. The van der Waals surface area contributed by atoms with Gasteiger partial charge in [-0.3, -0.25) is 14.4 Å². The largest absolute Gasteiger partial charge is 0.427 e. The summed E-state index contributed by atoms with van der Waals surface area (Å²) in [6, 6.07) is 23.1. The summed E-state index contributed by atoms with van der Waals surface area (Å²) in [5.74, 6) is -0.439. The van der Waals surface area contributed by atoms with E-state index in [-0.39, 0.29) is 35.2 Å². The molecule has 50 heavy (non-hydrogen) atoms. The van der Waals surface area contributed by atoms with Crippen LogP contribution >= 0.6 is 0 Å². The van der Waals surface area contributed by atoms with E-state index in [0.717, 1.165) is 23.3 Å². The fourth-order valence-corrected chi connectivity index (χ4v) is 5.09. The highest BCUT2D eigenvalue weighted by molar-refractivity contribution is 6.11. The summed E-state index contributed by atoms with van der Waals surface area (Å²) in [5.41, 5.74) is 2.33. The van der Waals surface area contributed by atoms with Crippen LogP contribution in [-0.4, -0.2) is 57.0 Å². The molecular formula is C37H35F3N6O4. The van der Waals surface area contributed by atoms with Crippen molar-refractivity contribution in [2.24, 2.45) is 0 Å². The molecule has 0 saturated heterocycles. The smallest absolute Gasteiger partial charge is 0.416 e. The number of amides is 2. The average molecular weight is 685 g/mol. The van der Waals surface area contributed by atoms with Crippen LogP contribution in [0.4, 0.5) is 18.9 Å². The Labute approximate surface area is 286 Å². The predicted molar refractivity (Wildman–Crippen MR) is 182 cm³/mol. The lowest BCUT2D eigenvalue weighted by molar-refractivity contribution is -0.137. The lowest BCUT2D eigenvalue weighted by Crippen LogP contribution is -2.24. The van der Waals surface area contributed by atoms with Gasteiger partial charge in [0, 0.05) is 31.6 Å². The number of alkyl halides is 3. The van der Waals surface area contributed by atoms with E-state index in [1.807, 2.05) is 13.8 Å². The van der Waals surface area contributed by atoms with Gasteiger partial charge in [-0.25, -0.2) is 0 Å². The summed E-state index contributed by atoms with van der Waals surface area (Å²) in [7, 11) is 3.18. The topological polar surface area (TPSA) is 119 Å². The maximum atomic E-state index is 13.5. The third-order valence-electron chi connectivity index (χ3n) is 7.74. The molecule has 258 valence electrons. The van der Waals surface area contributed by atoms with Gasteiger partial charge in [-0.15, -0.1) is 10.2 Å². The van der Waals surface area contributed by atoms with E-state index in [2.05, 4.69) is 20.7 Å². The number of hydrogen-bond donors (Lipinski definition) is 1. The molecule has 0 spiro atoms. The van der Waals surface area contributed by atoms with Gasteiger partial charge in [0.05, 0.1) is 22.9 Å². The summed E-state index contributed by atoms with van der Waals surface area (Å²) < 4.78 is 44.8. The lowest BCUT2D eigenvalue weighted by Gasteiger charge is -2.17. The Morgan fingerprint density at radius 2 is 1.56 bits per heavy atom. The number of benzene rings is 4. The number of esters is 1. The standard InChI is InChI=1S/C37H35F3N6O4/c1-23(2)46-43-34(42-44-46)26-15-19-28(20-16-26)50-33(47)11-7-8-24-12-21-32(31(22-24)36(49)45(3)4)41-35(48)30-10-6-5-9-29(30)25-13-17-27(18-14-25)37(38,39)40/h5-6,9-10,12-23H,7-8,11H2,1-4H3,(H,41,48). The summed E-state index contributed by atoms with van der Waals surface area (Å²) in [4.78, 5) is 42.1. The second-order valence-electron chi connectivity index (χ2n) is 12.0. The minimum Gasteiger partial charge on any atom is -0.427 e. The summed E-state index contributed by atoms with van der Waals surface area (Å²) in [5, 5.41) is 15.2. The van der Waals surface area contributed by atoms with Gasteiger partial charge in [-0.2, -0.15) is 18.0 Å². The molecule has 0 aliphatic rings. The van der Waals surface area contributed by atoms with Crippen LogP contribution in [0.1, 0.15) is 64.6 Å². The minimum atomic E-state index is -4.48. The average Bonchev–Trinajstić information content (AvgIpc) is 3.59. The number of nitrogens with zero attached hydrogens (tertiary/aromatic N) is 5. The molecule has 0 aliphatic carbocycles. The van der Waals surface area contributed by atoms with Crippen LogP contribution in [0.15, 0.2) is 91.0 Å². The van der Waals surface area contributed by atoms with Crippen LogP contribution in [0, 0.1) is 0 Å². The van der Waals surface area contributed by atoms with Crippen molar-refractivity contribution in [3.05, 3.63) is 113 Å². The molecular weight excluding hydrogens is 649 g/mol. The number of ether oxygens (including phenoxy) is 1. The second kappa shape index (κ2) is 15.1. The van der Waals surface area contributed by atoms with Gasteiger partial charge in [-0.05, 0) is 103 Å². The van der Waals surface area contributed by atoms with Crippen LogP contribution in [0.3, 0.4) is 0 Å². The Hall–Kier alpha value is -5.85. The number of rotatable bonds is 11. The van der Waals surface area contributed by atoms with Crippen molar-refractivity contribution in [2.45, 2.75) is 45.3 Å². The maximum absolute atomic E-state index is 13.5. The van der Waals surface area contributed by atoms with Gasteiger partial charge in [0.25, 0.3) is 11.8 Å². The Balaban J connectivity index is 1.23. The summed E-state index contributed by atoms with van der Waals surface area (Å²) >= 11 is 0. The number of hydrogen-bond acceptors (Lipinski definition) is 7. The fourth-order valence-electron chi connectivity index (χ4n) is 5.09. The van der Waals surface area contributed by atoms with E-state index >= 15 is 0 Å². The molecule has 0 atom stereocenters. The minimum absolute atomic E-state index is 0.0785. The van der Waals surface area contributed by atoms with Gasteiger partial charge in [0.1, 0.15) is 5.75 Å². The zero-order valence-electron chi connectivity index (χ0n) is 27.9. The zero-order chi connectivity index (χ0) is 36.0. The molecule has 5 rings (SSSR count). The van der Waals surface area contributed by atoms with Gasteiger partial charge in [-0.1, -0.05) is 36.4 Å². The number of aromatic nitrogens is 4. The first-order chi connectivity index (χ1) is 23.8. The van der Waals surface area contributed by atoms with Gasteiger partial charge in [0.15, 0.2) is 0 Å². The lowest BCUT2D eigenvalue weighted by atomic mass is 9.97. The highest BCUT2D eigenvalue weighted by Gasteiger charge is 2.30. The molecule has 0 saturated carbocycles. The second-order valence-corrected chi connectivity index (χ2v) is 12.0. The van der Waals surface area contributed by atoms with Crippen molar-refractivity contribution in [1.82, 2.24) is 25.1 Å². The van der Waals surface area contributed by atoms with Crippen molar-refractivity contribution in [2.75, 3.05) is 19.4 Å². The Morgan fingerprint density at radius 1 is 0.880 bits per heavy atom. The number of carbonyl (C=O) groups excluding carboxylic acids is 3. The number of aryl methyl sites for hydroxylation is 1. The normalized spacial score (nSPS) is 11.4. The number of halogens is 3. The molecule has 0 radical (unpaired) electrons. The monoisotopic (exact) mass is 684 g/mol. The number of tetrazole rings is 1. The molecule has 0 aliphatic heterocycles. The Bertz CT molecular complexity index is 1990. The molecule has 10 nitrogen and oxygen atoms in total. The van der Waals surface area contributed by atoms with Gasteiger partial charge in [0.2, 0.25) is 5.82 Å². The maximum Gasteiger partial charge on any atom is 0.416 e. The van der Waals surface area contributed by atoms with E-state index < -0.39 is 23.6 Å². The van der Waals surface area contributed by atoms with Crippen molar-refractivity contribution in [3.8, 4) is 28.3 Å². The van der Waals surface area contributed by atoms with Crippen molar-refractivity contribution in [1.29, 1.82) is 0 Å². The highest BCUT2D eigenvalue weighted by Crippen LogP contribution is 2.32. The van der Waals surface area contributed by atoms with Crippen LogP contribution in [0.2, 0.25) is 0 Å². The van der Waals surface area contributed by atoms with E-state index in [9.17, 15) is 27.6 Å². The highest BCUT2D eigenvalue weighted by atomic mass is 19.4. The third kappa shape index (κ3) is 8.59. The van der Waals surface area contributed by atoms with Gasteiger partial charge < -0.3 is 15.0 Å². The van der Waals surface area contributed by atoms with E-state index in [1.165, 1.54) is 21.8 Å². The molecule has 4 aromatic carbocycles. The van der Waals surface area contributed by atoms with E-state index in [0.29, 0.717) is 35.5 Å². The molecule has 0 bridgehead atoms. The fraction of sp³-hybridized carbons (Fsp3) is 0.243. The molecule has 5 aromatic rings. The first kappa shape index (κ1) is 35.5. The Kier molecular flexibility index (Phi) is 10.7. The molecule has 1 N–H and O–H groups in total.